The standard InChI is InChI=1S/C15H24O3Si/c1-4-19(5-2,6-3)18-14-10-8-7-9-13(14)11-12-15(16)17/h7-10H,4-6,11-12H2,1-3H3,(H,16,17). The summed E-state index contributed by atoms with van der Waals surface area (Å²) in [6.07, 6.45) is 0.687. The molecule has 0 atom stereocenters. The SMILES string of the molecule is CC[Si](CC)(CC)Oc1ccccc1CCC(=O)O. The van der Waals surface area contributed by atoms with Crippen LogP contribution in [0.15, 0.2) is 24.3 Å². The zero-order valence-electron chi connectivity index (χ0n) is 12.1. The van der Waals surface area contributed by atoms with E-state index in [9.17, 15) is 4.79 Å². The van der Waals surface area contributed by atoms with Crippen molar-refractivity contribution in [2.24, 2.45) is 0 Å². The largest absolute Gasteiger partial charge is 0.543 e. The number of aryl methyl sites for hydroxylation is 1. The van der Waals surface area contributed by atoms with E-state index in [1.807, 2.05) is 24.3 Å². The molecule has 0 aliphatic heterocycles. The Kier molecular flexibility index (Phi) is 6.08. The minimum absolute atomic E-state index is 0.152. The number of para-hydroxylation sites is 1. The Labute approximate surface area is 116 Å². The van der Waals surface area contributed by atoms with Crippen molar-refractivity contribution in [3.63, 3.8) is 0 Å². The highest BCUT2D eigenvalue weighted by atomic mass is 28.4. The lowest BCUT2D eigenvalue weighted by Gasteiger charge is -2.30. The molecule has 1 rings (SSSR count). The Balaban J connectivity index is 2.90. The molecule has 106 valence electrons. The fourth-order valence-corrected chi connectivity index (χ4v) is 4.85. The maximum absolute atomic E-state index is 10.7. The molecule has 0 saturated carbocycles. The zero-order valence-corrected chi connectivity index (χ0v) is 13.1. The topological polar surface area (TPSA) is 46.5 Å². The van der Waals surface area contributed by atoms with Crippen LogP contribution < -0.4 is 4.43 Å². The molecule has 3 nitrogen and oxygen atoms in total. The van der Waals surface area contributed by atoms with E-state index in [2.05, 4.69) is 20.8 Å². The first-order valence-corrected chi connectivity index (χ1v) is 9.58. The van der Waals surface area contributed by atoms with Gasteiger partial charge in [0.15, 0.2) is 0 Å². The summed E-state index contributed by atoms with van der Waals surface area (Å²) in [4.78, 5) is 10.7. The van der Waals surface area contributed by atoms with E-state index >= 15 is 0 Å². The van der Waals surface area contributed by atoms with Gasteiger partial charge in [0, 0.05) is 6.42 Å². The van der Waals surface area contributed by atoms with Crippen LogP contribution in [0.4, 0.5) is 0 Å². The Morgan fingerprint density at radius 2 is 1.74 bits per heavy atom. The van der Waals surface area contributed by atoms with Crippen LogP contribution in [0.3, 0.4) is 0 Å². The van der Waals surface area contributed by atoms with Gasteiger partial charge in [-0.2, -0.15) is 0 Å². The first-order chi connectivity index (χ1) is 9.06. The predicted octanol–water partition coefficient (Wildman–Crippen LogP) is 4.09. The Hall–Kier alpha value is -1.29. The summed E-state index contributed by atoms with van der Waals surface area (Å²) < 4.78 is 6.36. The Bertz CT molecular complexity index is 405. The second kappa shape index (κ2) is 7.33. The van der Waals surface area contributed by atoms with Crippen molar-refractivity contribution in [2.45, 2.75) is 51.7 Å². The molecule has 0 aromatic heterocycles. The molecular formula is C15H24O3Si. The van der Waals surface area contributed by atoms with Crippen molar-refractivity contribution >= 4 is 14.3 Å². The average Bonchev–Trinajstić information content (AvgIpc) is 2.43. The lowest BCUT2D eigenvalue weighted by molar-refractivity contribution is -0.136. The van der Waals surface area contributed by atoms with Gasteiger partial charge < -0.3 is 9.53 Å². The summed E-state index contributed by atoms with van der Waals surface area (Å²) in [6, 6.07) is 11.1. The summed E-state index contributed by atoms with van der Waals surface area (Å²) in [7, 11) is -1.69. The third kappa shape index (κ3) is 4.38. The van der Waals surface area contributed by atoms with Crippen LogP contribution in [0.1, 0.15) is 32.8 Å². The fraction of sp³-hybridized carbons (Fsp3) is 0.533. The van der Waals surface area contributed by atoms with Gasteiger partial charge in [-0.15, -0.1) is 0 Å². The molecule has 1 N–H and O–H groups in total. The predicted molar refractivity (Wildman–Crippen MR) is 80.2 cm³/mol. The van der Waals surface area contributed by atoms with Gasteiger partial charge in [0.2, 0.25) is 8.32 Å². The second-order valence-electron chi connectivity index (χ2n) is 4.85. The number of aliphatic carboxylic acids is 1. The van der Waals surface area contributed by atoms with Gasteiger partial charge in [-0.1, -0.05) is 39.0 Å². The quantitative estimate of drug-likeness (QED) is 0.730. The van der Waals surface area contributed by atoms with Crippen LogP contribution in [-0.4, -0.2) is 19.4 Å². The van der Waals surface area contributed by atoms with Gasteiger partial charge in [0.1, 0.15) is 5.75 Å². The molecule has 1 aromatic rings. The van der Waals surface area contributed by atoms with Gasteiger partial charge in [0.05, 0.1) is 0 Å². The van der Waals surface area contributed by atoms with Gasteiger partial charge in [0.25, 0.3) is 0 Å². The lowest BCUT2D eigenvalue weighted by atomic mass is 10.1. The molecule has 1 aromatic carbocycles. The van der Waals surface area contributed by atoms with Gasteiger partial charge in [-0.3, -0.25) is 4.79 Å². The van der Waals surface area contributed by atoms with Crippen molar-refractivity contribution in [1.82, 2.24) is 0 Å². The van der Waals surface area contributed by atoms with Crippen molar-refractivity contribution in [2.75, 3.05) is 0 Å². The van der Waals surface area contributed by atoms with E-state index in [0.717, 1.165) is 29.4 Å². The number of benzene rings is 1. The molecule has 0 heterocycles. The molecule has 4 heteroatoms. The third-order valence-electron chi connectivity index (χ3n) is 3.84. The number of carboxylic acid groups (broad SMARTS) is 1. The number of rotatable bonds is 8. The van der Waals surface area contributed by atoms with E-state index in [4.69, 9.17) is 9.53 Å². The molecule has 0 bridgehead atoms. The molecule has 0 saturated heterocycles. The van der Waals surface area contributed by atoms with Crippen LogP contribution in [-0.2, 0) is 11.2 Å². The Morgan fingerprint density at radius 1 is 1.16 bits per heavy atom. The summed E-state index contributed by atoms with van der Waals surface area (Å²) in [5, 5.41) is 8.80. The average molecular weight is 280 g/mol. The Morgan fingerprint density at radius 3 is 2.26 bits per heavy atom. The van der Waals surface area contributed by atoms with Crippen LogP contribution in [0.2, 0.25) is 18.1 Å². The van der Waals surface area contributed by atoms with Crippen molar-refractivity contribution in [3.05, 3.63) is 29.8 Å². The molecule has 0 radical (unpaired) electrons. The van der Waals surface area contributed by atoms with Crippen LogP contribution in [0.5, 0.6) is 5.75 Å². The molecule has 0 aliphatic carbocycles. The van der Waals surface area contributed by atoms with Crippen LogP contribution >= 0.6 is 0 Å². The fourth-order valence-electron chi connectivity index (χ4n) is 2.25. The zero-order chi connectivity index (χ0) is 14.3. The minimum atomic E-state index is -1.69. The smallest absolute Gasteiger partial charge is 0.303 e. The van der Waals surface area contributed by atoms with Crippen molar-refractivity contribution in [3.8, 4) is 5.75 Å². The molecule has 19 heavy (non-hydrogen) atoms. The first-order valence-electron chi connectivity index (χ1n) is 7.05. The molecule has 0 fully saturated rings. The highest BCUT2D eigenvalue weighted by Gasteiger charge is 2.31. The first kappa shape index (κ1) is 15.8. The molecule has 0 amide bonds. The van der Waals surface area contributed by atoms with E-state index in [1.54, 1.807) is 0 Å². The van der Waals surface area contributed by atoms with Crippen LogP contribution in [0.25, 0.3) is 0 Å². The summed E-state index contributed by atoms with van der Waals surface area (Å²) in [5.41, 5.74) is 1.01. The highest BCUT2D eigenvalue weighted by molar-refractivity contribution is 6.74. The number of carbonyl (C=O) groups is 1. The number of hydrogen-bond donors (Lipinski definition) is 1. The second-order valence-corrected chi connectivity index (χ2v) is 9.54. The minimum Gasteiger partial charge on any atom is -0.543 e. The lowest BCUT2D eigenvalue weighted by Crippen LogP contribution is -2.39. The highest BCUT2D eigenvalue weighted by Crippen LogP contribution is 2.28. The maximum Gasteiger partial charge on any atom is 0.303 e. The number of hydrogen-bond acceptors (Lipinski definition) is 2. The maximum atomic E-state index is 10.7. The summed E-state index contributed by atoms with van der Waals surface area (Å²) in [5.74, 6) is 0.126. The third-order valence-corrected chi connectivity index (χ3v) is 8.36. The molecular weight excluding hydrogens is 256 g/mol. The molecule has 0 spiro atoms. The van der Waals surface area contributed by atoms with E-state index < -0.39 is 14.3 Å². The van der Waals surface area contributed by atoms with Gasteiger partial charge in [-0.05, 0) is 36.2 Å². The monoisotopic (exact) mass is 280 g/mol. The molecule has 0 aliphatic rings. The van der Waals surface area contributed by atoms with Crippen molar-refractivity contribution in [1.29, 1.82) is 0 Å². The van der Waals surface area contributed by atoms with E-state index in [0.29, 0.717) is 6.42 Å². The number of carboxylic acids is 1. The molecule has 0 unspecified atom stereocenters. The van der Waals surface area contributed by atoms with E-state index in [-0.39, 0.29) is 6.42 Å². The van der Waals surface area contributed by atoms with Crippen molar-refractivity contribution < 1.29 is 14.3 Å². The van der Waals surface area contributed by atoms with Crippen LogP contribution in [0, 0.1) is 0 Å². The van der Waals surface area contributed by atoms with E-state index in [1.165, 1.54) is 0 Å². The summed E-state index contributed by atoms with van der Waals surface area (Å²) >= 11 is 0. The normalized spacial score (nSPS) is 11.3. The van der Waals surface area contributed by atoms with Gasteiger partial charge in [-0.25, -0.2) is 0 Å². The summed E-state index contributed by atoms with van der Waals surface area (Å²) in [6.45, 7) is 6.58. The van der Waals surface area contributed by atoms with Gasteiger partial charge >= 0.3 is 5.97 Å².